The summed E-state index contributed by atoms with van der Waals surface area (Å²) in [5, 5.41) is 32.2. The fourth-order valence-corrected chi connectivity index (χ4v) is 0.636. The molecule has 0 aliphatic rings. The Balaban J connectivity index is -0.0000000402. The summed E-state index contributed by atoms with van der Waals surface area (Å²) in [7, 11) is 3.18. The number of hydrogen-bond acceptors (Lipinski definition) is 10. The van der Waals surface area contributed by atoms with Crippen molar-refractivity contribution in [1.82, 2.24) is 0 Å². The van der Waals surface area contributed by atoms with E-state index in [2.05, 4.69) is 25.6 Å². The molecule has 0 unspecified atom stereocenters. The summed E-state index contributed by atoms with van der Waals surface area (Å²) in [4.78, 5) is 9.47. The van der Waals surface area contributed by atoms with E-state index in [0.29, 0.717) is 39.3 Å². The number of hydrogen-bond donors (Lipinski definition) is 5. The number of aliphatic hydroxyl groups excluding tert-OH is 4. The quantitative estimate of drug-likeness (QED) is 0.109. The second kappa shape index (κ2) is 72.2. The molecule has 11 heteroatoms. The van der Waals surface area contributed by atoms with Crippen molar-refractivity contribution in [1.29, 1.82) is 0 Å². The van der Waals surface area contributed by atoms with Gasteiger partial charge in [0.25, 0.3) is 0 Å². The van der Waals surface area contributed by atoms with Gasteiger partial charge >= 0.3 is 11.3 Å². The average molecular weight is 422 g/mol. The Bertz CT molecular complexity index is 196. The molecular weight excluding hydrogens is 378 g/mol. The van der Waals surface area contributed by atoms with E-state index in [4.69, 9.17) is 30.8 Å². The summed E-state index contributed by atoms with van der Waals surface area (Å²) in [5.74, 6) is 0. The van der Waals surface area contributed by atoms with E-state index < -0.39 is 0 Å². The van der Waals surface area contributed by atoms with Crippen molar-refractivity contribution < 1.29 is 48.8 Å². The number of aliphatic hydroxyl groups is 4. The minimum atomic E-state index is -0.0200. The van der Waals surface area contributed by atoms with Crippen molar-refractivity contribution in [3.63, 3.8) is 0 Å². The molecule has 28 heavy (non-hydrogen) atoms. The number of aldehydes is 1. The van der Waals surface area contributed by atoms with Crippen LogP contribution >= 0.6 is 0 Å². The number of nitrogens with two attached hydrogens (primary N) is 1. The second-order valence-electron chi connectivity index (χ2n) is 3.52. The fraction of sp³-hybridized carbons (Fsp3) is 0.882. The molecule has 0 rings (SSSR count). The fourth-order valence-electron chi connectivity index (χ4n) is 0.636. The van der Waals surface area contributed by atoms with Crippen molar-refractivity contribution in [3.8, 4) is 0 Å². The van der Waals surface area contributed by atoms with Gasteiger partial charge in [-0.1, -0.05) is 14.9 Å². The predicted molar refractivity (Wildman–Crippen MR) is 106 cm³/mol. The summed E-state index contributed by atoms with van der Waals surface area (Å²) in [6.45, 7) is 7.36. The molecule has 0 fully saturated rings. The van der Waals surface area contributed by atoms with Crippen molar-refractivity contribution >= 4 is 6.29 Å². The third-order valence-electron chi connectivity index (χ3n) is 1.51. The first-order chi connectivity index (χ1) is 12.7. The zero-order valence-corrected chi connectivity index (χ0v) is 15.7. The molecule has 0 atom stereocenters. The molecule has 0 spiro atoms. The summed E-state index contributed by atoms with van der Waals surface area (Å²) < 4.78 is 25.7. The molecule has 0 saturated carbocycles. The van der Waals surface area contributed by atoms with Crippen LogP contribution in [-0.2, 0) is 28.4 Å². The van der Waals surface area contributed by atoms with Gasteiger partial charge in [-0.3, -0.25) is 0 Å². The molecule has 6 N–H and O–H groups in total. The van der Waals surface area contributed by atoms with Crippen LogP contribution in [0.4, 0.5) is 0 Å². The van der Waals surface area contributed by atoms with Gasteiger partial charge in [-0.2, -0.15) is 0 Å². The van der Waals surface area contributed by atoms with Crippen molar-refractivity contribution in [3.05, 3.63) is 6.65 Å². The Hall–Kier alpha value is -0.950. The van der Waals surface area contributed by atoms with Gasteiger partial charge in [0.15, 0.2) is 0 Å². The van der Waals surface area contributed by atoms with Crippen LogP contribution in [0.2, 0.25) is 0 Å². The number of carbonyl (C=O) groups is 1. The maximum absolute atomic E-state index is 9.47. The van der Waals surface area contributed by atoms with Crippen LogP contribution in [0.1, 0.15) is 14.9 Å². The third kappa shape index (κ3) is 119. The van der Waals surface area contributed by atoms with E-state index in [9.17, 15) is 4.79 Å². The van der Waals surface area contributed by atoms with Crippen LogP contribution in [0, 0.1) is 6.65 Å². The Morgan fingerprint density at radius 2 is 1.14 bits per heavy atom. The van der Waals surface area contributed by atoms with Gasteiger partial charge in [-0.25, -0.2) is 0 Å². The van der Waals surface area contributed by atoms with Gasteiger partial charge in [0.2, 0.25) is 0 Å². The summed E-state index contributed by atoms with van der Waals surface area (Å²) in [6, 6.07) is 0. The van der Waals surface area contributed by atoms with E-state index >= 15 is 0 Å². The maximum atomic E-state index is 9.47. The molecule has 0 heterocycles. The van der Waals surface area contributed by atoms with Crippen LogP contribution < -0.4 is 5.73 Å². The van der Waals surface area contributed by atoms with Crippen LogP contribution in [-0.4, -0.2) is 114 Å². The van der Waals surface area contributed by atoms with E-state index in [1.165, 1.54) is 0 Å². The van der Waals surface area contributed by atoms with Crippen LogP contribution in [0.25, 0.3) is 0 Å². The molecule has 0 radical (unpaired) electrons. The summed E-state index contributed by atoms with van der Waals surface area (Å²) >= 11 is 0. The number of rotatable bonds is 12. The first kappa shape index (κ1) is 45.7. The Kier molecular flexibility index (Phi) is 118. The zero-order valence-electron chi connectivity index (χ0n) is 15.7. The average Bonchev–Trinajstić information content (AvgIpc) is 2.67. The molecule has 0 saturated heterocycles. The normalized spacial score (nSPS) is 7.61. The minimum absolute atomic E-state index is 0. The SMILES string of the molecule is C.C.COCCN.COCCO.O=CCOCCO.OCCOCCO.[C-]#[O+]. The number of carbonyl (C=O) groups excluding carboxylic acids is 1. The Labute approximate surface area is 170 Å². The van der Waals surface area contributed by atoms with Gasteiger partial charge in [0.05, 0.1) is 59.5 Å². The van der Waals surface area contributed by atoms with Crippen molar-refractivity contribution in [2.24, 2.45) is 5.73 Å². The van der Waals surface area contributed by atoms with Gasteiger partial charge < -0.3 is 49.9 Å². The number of methoxy groups -OCH3 is 2. The first-order valence-corrected chi connectivity index (χ1v) is 7.57. The molecule has 0 aliphatic heterocycles. The third-order valence-corrected chi connectivity index (χ3v) is 1.51. The van der Waals surface area contributed by atoms with E-state index in [1.807, 2.05) is 0 Å². The molecule has 0 amide bonds. The molecule has 0 aromatic rings. The molecular formula is C17H43NO10. The topological polar surface area (TPSA) is 181 Å². The Morgan fingerprint density at radius 1 is 0.786 bits per heavy atom. The van der Waals surface area contributed by atoms with Gasteiger partial charge in [-0.15, -0.1) is 0 Å². The van der Waals surface area contributed by atoms with Crippen LogP contribution in [0.3, 0.4) is 0 Å². The van der Waals surface area contributed by atoms with E-state index in [1.54, 1.807) is 14.2 Å². The molecule has 0 aromatic carbocycles. The molecule has 11 nitrogen and oxygen atoms in total. The summed E-state index contributed by atoms with van der Waals surface area (Å²) in [6.07, 6.45) is 0.648. The molecule has 0 aromatic heterocycles. The van der Waals surface area contributed by atoms with Gasteiger partial charge in [0.1, 0.15) is 12.9 Å². The second-order valence-corrected chi connectivity index (χ2v) is 3.52. The first-order valence-electron chi connectivity index (χ1n) is 7.57. The van der Waals surface area contributed by atoms with E-state index in [-0.39, 0.29) is 54.5 Å². The predicted octanol–water partition coefficient (Wildman–Crippen LogP) is -1.37. The van der Waals surface area contributed by atoms with E-state index in [0.717, 1.165) is 0 Å². The van der Waals surface area contributed by atoms with Gasteiger partial charge in [-0.05, 0) is 0 Å². The monoisotopic (exact) mass is 421 g/mol. The standard InChI is InChI=1S/C4H10O3.C4H8O3.C3H9NO.C3H8O2.CO.2CH4/c2*5-1-3-7-4-2-6;2*1-5-3-2-4;1-2;;/h5-6H,1-4H2;1,6H,2-4H2;2-4H2,1H3;4H,2-3H2,1H3;;2*1H4. The van der Waals surface area contributed by atoms with Gasteiger partial charge in [0, 0.05) is 20.8 Å². The van der Waals surface area contributed by atoms with Crippen molar-refractivity contribution in [2.45, 2.75) is 14.9 Å². The molecule has 0 aliphatic carbocycles. The Morgan fingerprint density at radius 3 is 1.32 bits per heavy atom. The molecule has 176 valence electrons. The zero-order chi connectivity index (χ0) is 21.3. The molecule has 0 bridgehead atoms. The van der Waals surface area contributed by atoms with Crippen LogP contribution in [0.15, 0.2) is 0 Å². The number of ether oxygens (including phenoxy) is 4. The van der Waals surface area contributed by atoms with Crippen LogP contribution in [0.5, 0.6) is 0 Å². The van der Waals surface area contributed by atoms with Crippen molar-refractivity contribution in [2.75, 3.05) is 86.8 Å². The summed E-state index contributed by atoms with van der Waals surface area (Å²) in [5.41, 5.74) is 5.01.